The third-order valence-electron chi connectivity index (χ3n) is 4.23. The zero-order valence-electron chi connectivity index (χ0n) is 13.2. The van der Waals surface area contributed by atoms with Crippen LogP contribution in [-0.2, 0) is 4.74 Å². The normalized spacial score (nSPS) is 18.9. The SMILES string of the molecule is COC(C)(C)CCN1CCN(CCCCCN)CC1. The molecule has 19 heavy (non-hydrogen) atoms. The van der Waals surface area contributed by atoms with Crippen molar-refractivity contribution in [1.29, 1.82) is 0 Å². The van der Waals surface area contributed by atoms with E-state index in [-0.39, 0.29) is 5.60 Å². The van der Waals surface area contributed by atoms with Gasteiger partial charge in [0.25, 0.3) is 0 Å². The van der Waals surface area contributed by atoms with E-state index in [4.69, 9.17) is 10.5 Å². The molecule has 0 unspecified atom stereocenters. The van der Waals surface area contributed by atoms with Crippen LogP contribution >= 0.6 is 0 Å². The first-order valence-corrected chi connectivity index (χ1v) is 7.77. The van der Waals surface area contributed by atoms with E-state index in [0.717, 1.165) is 19.5 Å². The van der Waals surface area contributed by atoms with Crippen LogP contribution in [0.4, 0.5) is 0 Å². The summed E-state index contributed by atoms with van der Waals surface area (Å²) in [4.78, 5) is 5.16. The van der Waals surface area contributed by atoms with E-state index >= 15 is 0 Å². The van der Waals surface area contributed by atoms with E-state index in [1.54, 1.807) is 7.11 Å². The molecule has 1 heterocycles. The van der Waals surface area contributed by atoms with E-state index in [0.29, 0.717) is 0 Å². The Balaban J connectivity index is 2.08. The highest BCUT2D eigenvalue weighted by atomic mass is 16.5. The molecule has 1 fully saturated rings. The third-order valence-corrected chi connectivity index (χ3v) is 4.23. The molecular weight excluding hydrogens is 238 g/mol. The number of ether oxygens (including phenoxy) is 1. The smallest absolute Gasteiger partial charge is 0.0634 e. The number of hydrogen-bond acceptors (Lipinski definition) is 4. The average molecular weight is 271 g/mol. The summed E-state index contributed by atoms with van der Waals surface area (Å²) in [5.41, 5.74) is 5.53. The summed E-state index contributed by atoms with van der Waals surface area (Å²) in [6, 6.07) is 0. The quantitative estimate of drug-likeness (QED) is 0.646. The van der Waals surface area contributed by atoms with Crippen LogP contribution in [0.25, 0.3) is 0 Å². The molecule has 1 rings (SSSR count). The molecule has 1 aliphatic heterocycles. The van der Waals surface area contributed by atoms with Crippen LogP contribution in [0.15, 0.2) is 0 Å². The fraction of sp³-hybridized carbons (Fsp3) is 1.00. The van der Waals surface area contributed by atoms with Crippen molar-refractivity contribution in [3.63, 3.8) is 0 Å². The second-order valence-corrected chi connectivity index (χ2v) is 6.25. The van der Waals surface area contributed by atoms with Gasteiger partial charge >= 0.3 is 0 Å². The van der Waals surface area contributed by atoms with E-state index < -0.39 is 0 Å². The van der Waals surface area contributed by atoms with Crippen LogP contribution in [0.3, 0.4) is 0 Å². The standard InChI is InChI=1S/C15H33N3O/c1-15(2,19-3)7-10-18-13-11-17(12-14-18)9-6-4-5-8-16/h4-14,16H2,1-3H3. The van der Waals surface area contributed by atoms with Crippen molar-refractivity contribution in [1.82, 2.24) is 9.80 Å². The highest BCUT2D eigenvalue weighted by Crippen LogP contribution is 2.14. The first-order valence-electron chi connectivity index (χ1n) is 7.77. The van der Waals surface area contributed by atoms with Crippen LogP contribution in [0.5, 0.6) is 0 Å². The largest absolute Gasteiger partial charge is 0.379 e. The molecule has 0 bridgehead atoms. The Kier molecular flexibility index (Phi) is 7.91. The molecule has 4 heteroatoms. The van der Waals surface area contributed by atoms with Crippen molar-refractivity contribution in [2.24, 2.45) is 5.73 Å². The van der Waals surface area contributed by atoms with Crippen molar-refractivity contribution in [3.05, 3.63) is 0 Å². The Hall–Kier alpha value is -0.160. The summed E-state index contributed by atoms with van der Waals surface area (Å²) in [6.45, 7) is 12.4. The second-order valence-electron chi connectivity index (χ2n) is 6.25. The van der Waals surface area contributed by atoms with Crippen LogP contribution in [-0.4, -0.2) is 68.3 Å². The molecule has 4 nitrogen and oxygen atoms in total. The van der Waals surface area contributed by atoms with Crippen LogP contribution in [0.1, 0.15) is 39.5 Å². The second kappa shape index (κ2) is 8.90. The first-order chi connectivity index (χ1) is 9.07. The van der Waals surface area contributed by atoms with Gasteiger partial charge in [0, 0.05) is 39.8 Å². The lowest BCUT2D eigenvalue weighted by Gasteiger charge is -2.36. The van der Waals surface area contributed by atoms with Gasteiger partial charge in [-0.25, -0.2) is 0 Å². The summed E-state index contributed by atoms with van der Waals surface area (Å²) in [5, 5.41) is 0. The summed E-state index contributed by atoms with van der Waals surface area (Å²) in [6.07, 6.45) is 4.86. The molecular formula is C15H33N3O. The lowest BCUT2D eigenvalue weighted by molar-refractivity contribution is 0.00329. The molecule has 1 aliphatic rings. The number of unbranched alkanes of at least 4 members (excludes halogenated alkanes) is 2. The molecule has 114 valence electrons. The molecule has 0 aromatic heterocycles. The number of nitrogens with two attached hydrogens (primary N) is 1. The Morgan fingerprint density at radius 1 is 0.947 bits per heavy atom. The highest BCUT2D eigenvalue weighted by Gasteiger charge is 2.21. The van der Waals surface area contributed by atoms with E-state index in [1.165, 1.54) is 52.0 Å². The van der Waals surface area contributed by atoms with E-state index in [1.807, 2.05) is 0 Å². The van der Waals surface area contributed by atoms with Crippen molar-refractivity contribution in [3.8, 4) is 0 Å². The Morgan fingerprint density at radius 2 is 1.53 bits per heavy atom. The number of hydrogen-bond donors (Lipinski definition) is 1. The van der Waals surface area contributed by atoms with Crippen molar-refractivity contribution in [2.75, 3.05) is 52.9 Å². The molecule has 2 N–H and O–H groups in total. The number of rotatable bonds is 9. The lowest BCUT2D eigenvalue weighted by atomic mass is 10.0. The van der Waals surface area contributed by atoms with Gasteiger partial charge in [0.2, 0.25) is 0 Å². The van der Waals surface area contributed by atoms with Gasteiger partial charge in [-0.2, -0.15) is 0 Å². The zero-order chi connectivity index (χ0) is 14.1. The Morgan fingerprint density at radius 3 is 2.05 bits per heavy atom. The van der Waals surface area contributed by atoms with Gasteiger partial charge in [-0.1, -0.05) is 6.42 Å². The van der Waals surface area contributed by atoms with Crippen molar-refractivity contribution in [2.45, 2.75) is 45.1 Å². The van der Waals surface area contributed by atoms with Crippen molar-refractivity contribution >= 4 is 0 Å². The maximum Gasteiger partial charge on any atom is 0.0634 e. The van der Waals surface area contributed by atoms with E-state index in [9.17, 15) is 0 Å². The Labute approximate surface area is 119 Å². The molecule has 0 spiro atoms. The summed E-state index contributed by atoms with van der Waals surface area (Å²) in [5.74, 6) is 0. The number of nitrogens with zero attached hydrogens (tertiary/aromatic N) is 2. The zero-order valence-corrected chi connectivity index (χ0v) is 13.2. The number of piperazine rings is 1. The molecule has 0 aromatic carbocycles. The summed E-state index contributed by atoms with van der Waals surface area (Å²) >= 11 is 0. The predicted molar refractivity (Wildman–Crippen MR) is 81.5 cm³/mol. The monoisotopic (exact) mass is 271 g/mol. The maximum atomic E-state index is 5.52. The Bertz CT molecular complexity index is 225. The highest BCUT2D eigenvalue weighted by molar-refractivity contribution is 4.75. The predicted octanol–water partition coefficient (Wildman–Crippen LogP) is 1.55. The fourth-order valence-corrected chi connectivity index (χ4v) is 2.42. The van der Waals surface area contributed by atoms with Crippen LogP contribution in [0.2, 0.25) is 0 Å². The van der Waals surface area contributed by atoms with Gasteiger partial charge in [0.15, 0.2) is 0 Å². The average Bonchev–Trinajstić information content (AvgIpc) is 2.43. The van der Waals surface area contributed by atoms with Crippen molar-refractivity contribution < 1.29 is 4.74 Å². The molecule has 0 radical (unpaired) electrons. The van der Waals surface area contributed by atoms with Gasteiger partial charge < -0.3 is 20.3 Å². The van der Waals surface area contributed by atoms with Gasteiger partial charge in [0.05, 0.1) is 5.60 Å². The minimum absolute atomic E-state index is 0.0133. The topological polar surface area (TPSA) is 41.7 Å². The minimum Gasteiger partial charge on any atom is -0.379 e. The first kappa shape index (κ1) is 16.9. The third kappa shape index (κ3) is 7.25. The summed E-state index contributed by atoms with van der Waals surface area (Å²) in [7, 11) is 1.80. The van der Waals surface area contributed by atoms with Gasteiger partial charge in [-0.05, 0) is 46.2 Å². The molecule has 0 aliphatic carbocycles. The molecule has 0 amide bonds. The lowest BCUT2D eigenvalue weighted by Crippen LogP contribution is -2.47. The molecule has 0 atom stereocenters. The molecule has 0 saturated carbocycles. The number of methoxy groups -OCH3 is 1. The molecule has 1 saturated heterocycles. The van der Waals surface area contributed by atoms with Gasteiger partial charge in [0.1, 0.15) is 0 Å². The molecule has 0 aromatic rings. The van der Waals surface area contributed by atoms with Crippen LogP contribution < -0.4 is 5.73 Å². The fourth-order valence-electron chi connectivity index (χ4n) is 2.42. The van der Waals surface area contributed by atoms with E-state index in [2.05, 4.69) is 23.6 Å². The van der Waals surface area contributed by atoms with Crippen LogP contribution in [0, 0.1) is 0 Å². The summed E-state index contributed by atoms with van der Waals surface area (Å²) < 4.78 is 5.48. The minimum atomic E-state index is 0.0133. The van der Waals surface area contributed by atoms with Gasteiger partial charge in [-0.3, -0.25) is 0 Å². The van der Waals surface area contributed by atoms with Gasteiger partial charge in [-0.15, -0.1) is 0 Å². The maximum absolute atomic E-state index is 5.52.